The first-order valence-corrected chi connectivity index (χ1v) is 12.1. The van der Waals surface area contributed by atoms with Gasteiger partial charge in [0.1, 0.15) is 16.1 Å². The van der Waals surface area contributed by atoms with Gasteiger partial charge in [-0.15, -0.1) is 5.10 Å². The molecule has 0 unspecified atom stereocenters. The van der Waals surface area contributed by atoms with E-state index < -0.39 is 10.0 Å². The zero-order valence-electron chi connectivity index (χ0n) is 17.0. The van der Waals surface area contributed by atoms with Crippen molar-refractivity contribution >= 4 is 44.5 Å². The molecular formula is C23H16N4O4S2. The summed E-state index contributed by atoms with van der Waals surface area (Å²) in [5.41, 5.74) is 1.42. The lowest BCUT2D eigenvalue weighted by atomic mass is 10.2. The number of hydrogen-bond donors (Lipinski definition) is 1. The van der Waals surface area contributed by atoms with Crippen LogP contribution in [0, 0.1) is 0 Å². The molecule has 0 bridgehead atoms. The molecule has 0 spiro atoms. The number of rotatable bonds is 5. The highest BCUT2D eigenvalue weighted by Crippen LogP contribution is 2.23. The van der Waals surface area contributed by atoms with Gasteiger partial charge in [-0.3, -0.25) is 4.79 Å². The second kappa shape index (κ2) is 8.24. The van der Waals surface area contributed by atoms with Gasteiger partial charge in [-0.05, 0) is 48.0 Å². The van der Waals surface area contributed by atoms with Gasteiger partial charge in [-0.25, -0.2) is 13.6 Å². The van der Waals surface area contributed by atoms with Gasteiger partial charge in [0.15, 0.2) is 5.82 Å². The summed E-state index contributed by atoms with van der Waals surface area (Å²) < 4.78 is 30.3. The highest BCUT2D eigenvalue weighted by molar-refractivity contribution is 7.89. The summed E-state index contributed by atoms with van der Waals surface area (Å²) in [5, 5.41) is 9.40. The number of primary sulfonamides is 1. The largest absolute Gasteiger partial charge is 0.457 e. The molecule has 0 saturated heterocycles. The average molecular weight is 477 g/mol. The van der Waals surface area contributed by atoms with E-state index in [2.05, 4.69) is 10.1 Å². The Morgan fingerprint density at radius 3 is 2.42 bits per heavy atom. The van der Waals surface area contributed by atoms with Gasteiger partial charge in [-0.1, -0.05) is 47.7 Å². The highest BCUT2D eigenvalue weighted by atomic mass is 32.2. The Morgan fingerprint density at radius 1 is 0.970 bits per heavy atom. The van der Waals surface area contributed by atoms with Crippen LogP contribution in [-0.2, 0) is 10.0 Å². The molecule has 33 heavy (non-hydrogen) atoms. The Morgan fingerprint density at radius 2 is 1.73 bits per heavy atom. The molecule has 5 aromatic rings. The van der Waals surface area contributed by atoms with Gasteiger partial charge >= 0.3 is 0 Å². The molecule has 164 valence electrons. The van der Waals surface area contributed by atoms with Crippen LogP contribution in [0.3, 0.4) is 0 Å². The zero-order chi connectivity index (χ0) is 23.0. The van der Waals surface area contributed by atoms with Crippen LogP contribution in [0.25, 0.3) is 34.5 Å². The molecule has 0 atom stereocenters. The summed E-state index contributed by atoms with van der Waals surface area (Å²) in [6.07, 6.45) is 5.28. The van der Waals surface area contributed by atoms with Crippen molar-refractivity contribution in [3.8, 4) is 11.3 Å². The molecule has 2 N–H and O–H groups in total. The molecule has 0 amide bonds. The maximum Gasteiger partial charge on any atom is 0.291 e. The Hall–Kier alpha value is -3.86. The van der Waals surface area contributed by atoms with Crippen LogP contribution in [0.1, 0.15) is 17.1 Å². The summed E-state index contributed by atoms with van der Waals surface area (Å²) in [6.45, 7) is 0. The summed E-state index contributed by atoms with van der Waals surface area (Å²) >= 11 is 1.22. The van der Waals surface area contributed by atoms with Crippen molar-refractivity contribution in [1.29, 1.82) is 0 Å². The fourth-order valence-electron chi connectivity index (χ4n) is 3.18. The number of hydrogen-bond acceptors (Lipinski definition) is 7. The summed E-state index contributed by atoms with van der Waals surface area (Å²) in [6, 6.07) is 19.3. The Bertz CT molecular complexity index is 1700. The second-order valence-electron chi connectivity index (χ2n) is 7.10. The quantitative estimate of drug-likeness (QED) is 0.416. The van der Waals surface area contributed by atoms with E-state index >= 15 is 0 Å². The number of nitrogens with two attached hydrogens (primary N) is 1. The lowest BCUT2D eigenvalue weighted by Crippen LogP contribution is -2.23. The monoisotopic (exact) mass is 476 g/mol. The highest BCUT2D eigenvalue weighted by Gasteiger charge is 2.11. The molecule has 0 aliphatic rings. The molecule has 0 aliphatic heterocycles. The molecule has 10 heteroatoms. The van der Waals surface area contributed by atoms with Crippen molar-refractivity contribution < 1.29 is 12.8 Å². The van der Waals surface area contributed by atoms with Crippen molar-refractivity contribution in [3.05, 3.63) is 98.8 Å². The van der Waals surface area contributed by atoms with Crippen molar-refractivity contribution in [2.24, 2.45) is 5.14 Å². The normalized spacial score (nSPS) is 12.8. The number of benzene rings is 2. The van der Waals surface area contributed by atoms with Gasteiger partial charge in [0, 0.05) is 11.6 Å². The van der Waals surface area contributed by atoms with E-state index in [0.29, 0.717) is 32.4 Å². The number of furan rings is 1. The number of sulfonamides is 1. The summed E-state index contributed by atoms with van der Waals surface area (Å²) in [5.74, 6) is 1.46. The number of nitrogens with zero attached hydrogens (tertiary/aromatic N) is 3. The molecule has 8 nitrogen and oxygen atoms in total. The minimum atomic E-state index is -3.76. The third-order valence-corrected chi connectivity index (χ3v) is 6.68. The average Bonchev–Trinajstić information content (AvgIpc) is 3.50. The van der Waals surface area contributed by atoms with Crippen molar-refractivity contribution in [3.63, 3.8) is 0 Å². The van der Waals surface area contributed by atoms with E-state index in [1.165, 1.54) is 28.0 Å². The van der Waals surface area contributed by atoms with Crippen molar-refractivity contribution in [2.45, 2.75) is 4.90 Å². The summed E-state index contributed by atoms with van der Waals surface area (Å²) in [4.78, 5) is 17.7. The molecule has 0 fully saturated rings. The smallest absolute Gasteiger partial charge is 0.291 e. The fraction of sp³-hybridized carbons (Fsp3) is 0. The molecule has 2 aromatic carbocycles. The van der Waals surface area contributed by atoms with Crippen molar-refractivity contribution in [2.75, 3.05) is 0 Å². The molecule has 3 aromatic heterocycles. The minimum Gasteiger partial charge on any atom is -0.457 e. The van der Waals surface area contributed by atoms with E-state index in [1.807, 2.05) is 36.4 Å². The molecule has 0 radical (unpaired) electrons. The second-order valence-corrected chi connectivity index (χ2v) is 9.67. The lowest BCUT2D eigenvalue weighted by molar-refractivity contribution is 0.571. The predicted octanol–water partition coefficient (Wildman–Crippen LogP) is 2.78. The summed E-state index contributed by atoms with van der Waals surface area (Å²) in [7, 11) is -3.76. The standard InChI is InChI=1S/C23H16N4O4S2/c24-33(29,30)18-10-7-16(8-11-18)19-12-9-17(31-19)14-20-22(28)27-23(32-20)25-21(26-27)13-6-15-4-2-1-3-5-15/h1-14H,(H2,24,29,30). The van der Waals surface area contributed by atoms with Crippen molar-refractivity contribution in [1.82, 2.24) is 14.6 Å². The zero-order valence-corrected chi connectivity index (χ0v) is 18.6. The molecule has 0 saturated carbocycles. The van der Waals surface area contributed by atoms with Gasteiger partial charge in [0.05, 0.1) is 4.90 Å². The van der Waals surface area contributed by atoms with Crippen LogP contribution in [0.4, 0.5) is 0 Å². The van der Waals surface area contributed by atoms with Gasteiger partial charge in [0.25, 0.3) is 5.56 Å². The third-order valence-electron chi connectivity index (χ3n) is 4.79. The number of thiazole rings is 1. The van der Waals surface area contributed by atoms with E-state index in [4.69, 9.17) is 9.56 Å². The van der Waals surface area contributed by atoms with E-state index in [0.717, 1.165) is 5.56 Å². The van der Waals surface area contributed by atoms with Crippen LogP contribution in [0.5, 0.6) is 0 Å². The number of fused-ring (bicyclic) bond motifs is 1. The first-order valence-electron chi connectivity index (χ1n) is 9.74. The van der Waals surface area contributed by atoms with Gasteiger partial charge < -0.3 is 4.42 Å². The van der Waals surface area contributed by atoms with Gasteiger partial charge in [-0.2, -0.15) is 9.50 Å². The maximum atomic E-state index is 12.7. The Labute approximate surface area is 192 Å². The fourth-order valence-corrected chi connectivity index (χ4v) is 4.59. The van der Waals surface area contributed by atoms with E-state index in [1.54, 1.807) is 36.4 Å². The molecule has 0 aliphatic carbocycles. The molecular weight excluding hydrogens is 460 g/mol. The first kappa shape index (κ1) is 21.0. The first-order chi connectivity index (χ1) is 15.9. The van der Waals surface area contributed by atoms with Gasteiger partial charge in [0.2, 0.25) is 15.0 Å². The maximum absolute atomic E-state index is 12.7. The van der Waals surface area contributed by atoms with Crippen LogP contribution >= 0.6 is 11.3 Å². The topological polar surface area (TPSA) is 121 Å². The van der Waals surface area contributed by atoms with Crippen LogP contribution in [0.15, 0.2) is 80.8 Å². The molecule has 3 heterocycles. The Balaban J connectivity index is 1.41. The van der Waals surface area contributed by atoms with Crippen LogP contribution in [-0.4, -0.2) is 23.0 Å². The lowest BCUT2D eigenvalue weighted by Gasteiger charge is -2.00. The Kier molecular flexibility index (Phi) is 5.25. The van der Waals surface area contributed by atoms with Crippen LogP contribution < -0.4 is 15.2 Å². The van der Waals surface area contributed by atoms with E-state index in [9.17, 15) is 13.2 Å². The third kappa shape index (κ3) is 4.40. The molecule has 5 rings (SSSR count). The predicted molar refractivity (Wildman–Crippen MR) is 127 cm³/mol. The number of aromatic nitrogens is 3. The van der Waals surface area contributed by atoms with E-state index in [-0.39, 0.29) is 10.5 Å². The minimum absolute atomic E-state index is 0.0213. The van der Waals surface area contributed by atoms with Crippen LogP contribution in [0.2, 0.25) is 0 Å². The SMILES string of the molecule is NS(=O)(=O)c1ccc(-c2ccc(C=c3sc4nc(C=Cc5ccccc5)nn4c3=O)o2)cc1.